The Morgan fingerprint density at radius 2 is 2.00 bits per heavy atom. The number of amides is 1. The molecule has 29 heavy (non-hydrogen) atoms. The van der Waals surface area contributed by atoms with E-state index in [0.29, 0.717) is 12.3 Å². The number of aromatic nitrogens is 3. The Balaban J connectivity index is 1.13. The zero-order valence-corrected chi connectivity index (χ0v) is 16.9. The fraction of sp³-hybridized carbons (Fsp3) is 0.435. The Labute approximate surface area is 170 Å². The first-order chi connectivity index (χ1) is 14.2. The average molecular weight is 390 g/mol. The fourth-order valence-corrected chi connectivity index (χ4v) is 4.58. The molecule has 6 nitrogen and oxygen atoms in total. The van der Waals surface area contributed by atoms with Crippen molar-refractivity contribution in [3.05, 3.63) is 53.3 Å². The number of hydrogen-bond acceptors (Lipinski definition) is 4. The lowest BCUT2D eigenvalue weighted by atomic mass is 9.95. The molecule has 1 amide bonds. The van der Waals surface area contributed by atoms with Crippen LogP contribution in [0.4, 0.5) is 5.82 Å². The van der Waals surface area contributed by atoms with Gasteiger partial charge in [-0.3, -0.25) is 4.79 Å². The Hall–Kier alpha value is -2.89. The van der Waals surface area contributed by atoms with Gasteiger partial charge in [0.15, 0.2) is 5.82 Å². The number of anilines is 1. The first-order valence-electron chi connectivity index (χ1n) is 10.6. The maximum Gasteiger partial charge on any atom is 0.224 e. The summed E-state index contributed by atoms with van der Waals surface area (Å²) in [6.45, 7) is 2.59. The third-order valence-electron chi connectivity index (χ3n) is 6.26. The van der Waals surface area contributed by atoms with E-state index in [9.17, 15) is 4.79 Å². The summed E-state index contributed by atoms with van der Waals surface area (Å²) >= 11 is 0. The normalized spacial score (nSPS) is 16.5. The van der Waals surface area contributed by atoms with Gasteiger partial charge in [0.25, 0.3) is 0 Å². The van der Waals surface area contributed by atoms with Gasteiger partial charge in [-0.1, -0.05) is 18.2 Å². The Kier molecular flexibility index (Phi) is 4.70. The van der Waals surface area contributed by atoms with Crippen molar-refractivity contribution in [2.24, 2.45) is 13.0 Å². The summed E-state index contributed by atoms with van der Waals surface area (Å²) in [5.41, 5.74) is 4.79. The Morgan fingerprint density at radius 3 is 2.90 bits per heavy atom. The van der Waals surface area contributed by atoms with Crippen molar-refractivity contribution in [3.63, 3.8) is 0 Å². The van der Waals surface area contributed by atoms with Gasteiger partial charge in [-0.05, 0) is 48.9 Å². The molecule has 0 radical (unpaired) electrons. The highest BCUT2D eigenvalue weighted by atomic mass is 16.1. The van der Waals surface area contributed by atoms with E-state index >= 15 is 0 Å². The molecule has 2 aromatic heterocycles. The number of aryl methyl sites for hydroxylation is 3. The highest BCUT2D eigenvalue weighted by molar-refractivity contribution is 5.89. The lowest BCUT2D eigenvalue weighted by molar-refractivity contribution is -0.120. The number of benzene rings is 1. The summed E-state index contributed by atoms with van der Waals surface area (Å²) < 4.78 is 2.08. The highest BCUT2D eigenvalue weighted by Gasteiger charge is 2.29. The molecule has 0 unspecified atom stereocenters. The van der Waals surface area contributed by atoms with Crippen molar-refractivity contribution in [3.8, 4) is 0 Å². The van der Waals surface area contributed by atoms with Gasteiger partial charge in [-0.2, -0.15) is 5.10 Å². The Morgan fingerprint density at radius 1 is 1.17 bits per heavy atom. The van der Waals surface area contributed by atoms with Gasteiger partial charge in [0.2, 0.25) is 5.91 Å². The van der Waals surface area contributed by atoms with Crippen LogP contribution in [-0.2, 0) is 31.1 Å². The molecule has 2 aliphatic rings. The van der Waals surface area contributed by atoms with E-state index in [4.69, 9.17) is 0 Å². The molecule has 0 bridgehead atoms. The van der Waals surface area contributed by atoms with Gasteiger partial charge in [0, 0.05) is 49.7 Å². The van der Waals surface area contributed by atoms with Crippen LogP contribution in [0.3, 0.4) is 0 Å². The molecule has 6 heteroatoms. The molecular formula is C23H27N5O. The highest BCUT2D eigenvalue weighted by Crippen LogP contribution is 2.26. The average Bonchev–Trinajstić information content (AvgIpc) is 3.02. The van der Waals surface area contributed by atoms with Crippen LogP contribution in [0.25, 0.3) is 10.9 Å². The number of carbonyl (C=O) groups excluding carboxylic acids is 1. The van der Waals surface area contributed by atoms with Crippen LogP contribution in [0.5, 0.6) is 0 Å². The molecule has 1 aliphatic carbocycles. The van der Waals surface area contributed by atoms with Crippen molar-refractivity contribution in [1.82, 2.24) is 20.1 Å². The second-order valence-corrected chi connectivity index (χ2v) is 8.42. The van der Waals surface area contributed by atoms with Crippen molar-refractivity contribution in [2.45, 2.75) is 32.1 Å². The summed E-state index contributed by atoms with van der Waals surface area (Å²) in [5, 5.41) is 13.1. The second-order valence-electron chi connectivity index (χ2n) is 8.42. The van der Waals surface area contributed by atoms with Crippen LogP contribution in [0, 0.1) is 5.92 Å². The maximum atomic E-state index is 12.5. The van der Waals surface area contributed by atoms with Gasteiger partial charge in [-0.25, -0.2) is 0 Å². The van der Waals surface area contributed by atoms with Gasteiger partial charge < -0.3 is 14.8 Å². The van der Waals surface area contributed by atoms with E-state index in [-0.39, 0.29) is 5.91 Å². The Bertz CT molecular complexity index is 1050. The number of hydrogen-bond donors (Lipinski definition) is 1. The molecule has 1 aromatic carbocycles. The monoisotopic (exact) mass is 389 g/mol. The molecule has 3 heterocycles. The minimum absolute atomic E-state index is 0.0911. The van der Waals surface area contributed by atoms with Crippen LogP contribution in [0.15, 0.2) is 36.5 Å². The number of fused-ring (bicyclic) bond motifs is 2. The predicted octanol–water partition coefficient (Wildman–Crippen LogP) is 2.64. The lowest BCUT2D eigenvalue weighted by Crippen LogP contribution is -2.52. The SMILES string of the molecule is Cn1cc(CC(=O)NCC2CN(c3cc4c(nn3)CCCC4)C2)c2ccccc21. The van der Waals surface area contributed by atoms with E-state index in [1.165, 1.54) is 24.1 Å². The van der Waals surface area contributed by atoms with E-state index in [1.807, 2.05) is 19.2 Å². The summed E-state index contributed by atoms with van der Waals surface area (Å²) in [4.78, 5) is 14.7. The van der Waals surface area contributed by atoms with Crippen molar-refractivity contribution >= 4 is 22.6 Å². The molecule has 150 valence electrons. The predicted molar refractivity (Wildman–Crippen MR) is 114 cm³/mol. The number of rotatable bonds is 5. The standard InChI is InChI=1S/C23H27N5O/c1-27-15-18(19-7-3-5-9-21(19)27)11-23(29)24-12-16-13-28(14-16)22-10-17-6-2-4-8-20(17)25-26-22/h3,5,7,9-10,15-16H,2,4,6,8,11-14H2,1H3,(H,24,29). The number of nitrogens with one attached hydrogen (secondary N) is 1. The molecule has 1 saturated heterocycles. The van der Waals surface area contributed by atoms with Crippen LogP contribution in [-0.4, -0.2) is 40.3 Å². The topological polar surface area (TPSA) is 63.1 Å². The molecule has 0 spiro atoms. The van der Waals surface area contributed by atoms with Crippen LogP contribution in [0.1, 0.15) is 29.7 Å². The van der Waals surface area contributed by atoms with E-state index < -0.39 is 0 Å². The van der Waals surface area contributed by atoms with E-state index in [1.54, 1.807) is 0 Å². The molecule has 1 N–H and O–H groups in total. The van der Waals surface area contributed by atoms with E-state index in [0.717, 1.165) is 54.8 Å². The third-order valence-corrected chi connectivity index (χ3v) is 6.26. The smallest absolute Gasteiger partial charge is 0.224 e. The first kappa shape index (κ1) is 18.2. The van der Waals surface area contributed by atoms with Gasteiger partial charge in [0.05, 0.1) is 12.1 Å². The quantitative estimate of drug-likeness (QED) is 0.729. The number of carbonyl (C=O) groups is 1. The summed E-state index contributed by atoms with van der Waals surface area (Å²) in [5.74, 6) is 1.56. The molecule has 5 rings (SSSR count). The van der Waals surface area contributed by atoms with Crippen molar-refractivity contribution in [2.75, 3.05) is 24.5 Å². The second kappa shape index (κ2) is 7.50. The zero-order valence-electron chi connectivity index (χ0n) is 16.9. The lowest BCUT2D eigenvalue weighted by Gasteiger charge is -2.40. The van der Waals surface area contributed by atoms with Crippen LogP contribution in [0.2, 0.25) is 0 Å². The van der Waals surface area contributed by atoms with Crippen LogP contribution < -0.4 is 10.2 Å². The summed E-state index contributed by atoms with van der Waals surface area (Å²) in [6.07, 6.45) is 7.15. The molecule has 1 fully saturated rings. The minimum Gasteiger partial charge on any atom is -0.355 e. The number of nitrogens with zero attached hydrogens (tertiary/aromatic N) is 4. The zero-order chi connectivity index (χ0) is 19.8. The van der Waals surface area contributed by atoms with E-state index in [2.05, 4.69) is 49.4 Å². The minimum atomic E-state index is 0.0911. The van der Waals surface area contributed by atoms with Gasteiger partial charge >= 0.3 is 0 Å². The fourth-order valence-electron chi connectivity index (χ4n) is 4.58. The first-order valence-corrected chi connectivity index (χ1v) is 10.6. The largest absolute Gasteiger partial charge is 0.355 e. The van der Waals surface area contributed by atoms with Crippen molar-refractivity contribution in [1.29, 1.82) is 0 Å². The van der Waals surface area contributed by atoms with Crippen molar-refractivity contribution < 1.29 is 4.79 Å². The molecule has 1 aliphatic heterocycles. The maximum absolute atomic E-state index is 12.5. The summed E-state index contributed by atoms with van der Waals surface area (Å²) in [6, 6.07) is 10.4. The van der Waals surface area contributed by atoms with Gasteiger partial charge in [0.1, 0.15) is 0 Å². The molecular weight excluding hydrogens is 362 g/mol. The molecule has 0 saturated carbocycles. The molecule has 0 atom stereocenters. The molecule has 3 aromatic rings. The third kappa shape index (κ3) is 3.59. The summed E-state index contributed by atoms with van der Waals surface area (Å²) in [7, 11) is 2.02. The van der Waals surface area contributed by atoms with Gasteiger partial charge in [-0.15, -0.1) is 5.10 Å². The number of para-hydroxylation sites is 1. The van der Waals surface area contributed by atoms with Crippen LogP contribution >= 0.6 is 0 Å².